The Bertz CT molecular complexity index is 994. The molecule has 1 amide bonds. The lowest BCUT2D eigenvalue weighted by molar-refractivity contribution is -0.119. The first-order chi connectivity index (χ1) is 15.0. The predicted octanol–water partition coefficient (Wildman–Crippen LogP) is 3.25. The van der Waals surface area contributed by atoms with Crippen molar-refractivity contribution in [1.82, 2.24) is 14.1 Å². The maximum Gasteiger partial charge on any atom is 0.249 e. The smallest absolute Gasteiger partial charge is 0.249 e. The summed E-state index contributed by atoms with van der Waals surface area (Å²) >= 11 is 0. The van der Waals surface area contributed by atoms with E-state index in [1.165, 1.54) is 6.42 Å². The third-order valence-electron chi connectivity index (χ3n) is 6.18. The second-order valence-electron chi connectivity index (χ2n) is 8.34. The van der Waals surface area contributed by atoms with Crippen LogP contribution in [0.3, 0.4) is 0 Å². The average Bonchev–Trinajstić information content (AvgIpc) is 3.34. The fraction of sp³-hybridized carbons (Fsp3) is 0.545. The number of piperidine rings is 2. The number of rotatable bonds is 6. The first kappa shape index (κ1) is 21.8. The molecule has 168 valence electrons. The minimum absolute atomic E-state index is 0.227. The van der Waals surface area contributed by atoms with Crippen LogP contribution in [0, 0.1) is 0 Å². The molecular formula is C22H31N5O3S. The van der Waals surface area contributed by atoms with Crippen molar-refractivity contribution in [1.29, 1.82) is 0 Å². The van der Waals surface area contributed by atoms with E-state index in [1.54, 1.807) is 46.5 Å². The van der Waals surface area contributed by atoms with Crippen LogP contribution >= 0.6 is 0 Å². The highest BCUT2D eigenvalue weighted by atomic mass is 32.2. The summed E-state index contributed by atoms with van der Waals surface area (Å²) in [4.78, 5) is 15.4. The van der Waals surface area contributed by atoms with Gasteiger partial charge < -0.3 is 10.2 Å². The molecule has 2 fully saturated rings. The van der Waals surface area contributed by atoms with Gasteiger partial charge in [-0.15, -0.1) is 0 Å². The first-order valence-electron chi connectivity index (χ1n) is 11.2. The number of hydrogen-bond acceptors (Lipinski definition) is 5. The van der Waals surface area contributed by atoms with Crippen LogP contribution in [0.5, 0.6) is 0 Å². The number of carbonyl (C=O) groups excluding carboxylic acids is 1. The highest BCUT2D eigenvalue weighted by Gasteiger charge is 2.28. The van der Waals surface area contributed by atoms with Gasteiger partial charge in [-0.3, -0.25) is 9.48 Å². The fourth-order valence-electron chi connectivity index (χ4n) is 4.31. The molecule has 2 aliphatic heterocycles. The minimum atomic E-state index is -3.59. The largest absolute Gasteiger partial charge is 0.370 e. The lowest BCUT2D eigenvalue weighted by Gasteiger charge is -2.31. The van der Waals surface area contributed by atoms with E-state index in [1.807, 2.05) is 6.07 Å². The van der Waals surface area contributed by atoms with Crippen LogP contribution in [0.25, 0.3) is 0 Å². The standard InChI is InChI=1S/C22H31N5O3S/c1-18(27-16-8-11-23-27)22(28)24-20-17-19(31(29,30)26-14-6-3-7-15-26)9-10-21(20)25-12-4-2-5-13-25/h8-11,16-18H,2-7,12-15H2,1H3,(H,24,28). The van der Waals surface area contributed by atoms with Crippen LogP contribution < -0.4 is 10.2 Å². The van der Waals surface area contributed by atoms with E-state index in [4.69, 9.17) is 0 Å². The molecular weight excluding hydrogens is 414 g/mol. The summed E-state index contributed by atoms with van der Waals surface area (Å²) in [5.74, 6) is -0.227. The summed E-state index contributed by atoms with van der Waals surface area (Å²) in [6.45, 7) is 4.67. The highest BCUT2D eigenvalue weighted by molar-refractivity contribution is 7.89. The van der Waals surface area contributed by atoms with Gasteiger partial charge in [-0.1, -0.05) is 6.42 Å². The van der Waals surface area contributed by atoms with E-state index in [0.717, 1.165) is 50.9 Å². The Balaban J connectivity index is 1.65. The van der Waals surface area contributed by atoms with Gasteiger partial charge in [0.25, 0.3) is 0 Å². The normalized spacial score (nSPS) is 19.2. The van der Waals surface area contributed by atoms with Crippen molar-refractivity contribution in [2.24, 2.45) is 0 Å². The molecule has 1 N–H and O–H groups in total. The summed E-state index contributed by atoms with van der Waals surface area (Å²) in [6.07, 6.45) is 9.58. The van der Waals surface area contributed by atoms with Crippen LogP contribution in [-0.2, 0) is 14.8 Å². The van der Waals surface area contributed by atoms with E-state index in [2.05, 4.69) is 15.3 Å². The van der Waals surface area contributed by atoms with Crippen molar-refractivity contribution in [2.75, 3.05) is 36.4 Å². The quantitative estimate of drug-likeness (QED) is 0.738. The van der Waals surface area contributed by atoms with E-state index in [9.17, 15) is 13.2 Å². The van der Waals surface area contributed by atoms with Gasteiger partial charge in [-0.2, -0.15) is 9.40 Å². The molecule has 1 aromatic heterocycles. The number of anilines is 2. The Labute approximate surface area is 184 Å². The van der Waals surface area contributed by atoms with Gasteiger partial charge in [0, 0.05) is 38.6 Å². The number of nitrogens with zero attached hydrogens (tertiary/aromatic N) is 4. The maximum atomic E-state index is 13.2. The van der Waals surface area contributed by atoms with E-state index >= 15 is 0 Å². The lowest BCUT2D eigenvalue weighted by atomic mass is 10.1. The molecule has 1 unspecified atom stereocenters. The van der Waals surface area contributed by atoms with Crippen LogP contribution in [0.1, 0.15) is 51.5 Å². The van der Waals surface area contributed by atoms with E-state index in [-0.39, 0.29) is 10.8 Å². The SMILES string of the molecule is CC(C(=O)Nc1cc(S(=O)(=O)N2CCCCC2)ccc1N1CCCCC1)n1cccn1. The summed E-state index contributed by atoms with van der Waals surface area (Å²) in [5, 5.41) is 7.14. The number of amides is 1. The Morgan fingerprint density at radius 1 is 1.03 bits per heavy atom. The van der Waals surface area contributed by atoms with Gasteiger partial charge in [-0.25, -0.2) is 8.42 Å². The monoisotopic (exact) mass is 445 g/mol. The zero-order chi connectivity index (χ0) is 21.8. The third-order valence-corrected chi connectivity index (χ3v) is 8.07. The molecule has 0 bridgehead atoms. The zero-order valence-electron chi connectivity index (χ0n) is 18.0. The number of carbonyl (C=O) groups is 1. The summed E-state index contributed by atoms with van der Waals surface area (Å²) in [7, 11) is -3.59. The molecule has 2 aromatic rings. The number of aromatic nitrogens is 2. The molecule has 3 heterocycles. The van der Waals surface area contributed by atoms with Crippen LogP contribution in [0.15, 0.2) is 41.6 Å². The minimum Gasteiger partial charge on any atom is -0.370 e. The molecule has 2 aliphatic rings. The van der Waals surface area contributed by atoms with Crippen LogP contribution in [-0.4, -0.2) is 54.6 Å². The maximum absolute atomic E-state index is 13.2. The molecule has 9 heteroatoms. The number of hydrogen-bond donors (Lipinski definition) is 1. The van der Waals surface area contributed by atoms with Gasteiger partial charge >= 0.3 is 0 Å². The third kappa shape index (κ3) is 4.77. The Hall–Kier alpha value is -2.39. The van der Waals surface area contributed by atoms with Gasteiger partial charge in [0.1, 0.15) is 6.04 Å². The molecule has 1 aromatic carbocycles. The van der Waals surface area contributed by atoms with Gasteiger partial charge in [-0.05, 0) is 63.3 Å². The fourth-order valence-corrected chi connectivity index (χ4v) is 5.85. The van der Waals surface area contributed by atoms with Gasteiger partial charge in [0.15, 0.2) is 0 Å². The van der Waals surface area contributed by atoms with Crippen molar-refractivity contribution >= 4 is 27.3 Å². The molecule has 0 spiro atoms. The molecule has 1 atom stereocenters. The molecule has 31 heavy (non-hydrogen) atoms. The van der Waals surface area contributed by atoms with Gasteiger partial charge in [0.05, 0.1) is 16.3 Å². The number of nitrogens with one attached hydrogen (secondary N) is 1. The topological polar surface area (TPSA) is 87.5 Å². The van der Waals surface area contributed by atoms with Gasteiger partial charge in [0.2, 0.25) is 15.9 Å². The van der Waals surface area contributed by atoms with Crippen LogP contribution in [0.4, 0.5) is 11.4 Å². The van der Waals surface area contributed by atoms with E-state index in [0.29, 0.717) is 18.8 Å². The molecule has 2 saturated heterocycles. The van der Waals surface area contributed by atoms with Crippen molar-refractivity contribution in [3.05, 3.63) is 36.7 Å². The second kappa shape index (κ2) is 9.40. The summed E-state index contributed by atoms with van der Waals surface area (Å²) in [5.41, 5.74) is 1.42. The Morgan fingerprint density at radius 2 is 1.71 bits per heavy atom. The molecule has 0 radical (unpaired) electrons. The lowest BCUT2D eigenvalue weighted by Crippen LogP contribution is -2.36. The summed E-state index contributed by atoms with van der Waals surface area (Å²) in [6, 6.07) is 6.42. The summed E-state index contributed by atoms with van der Waals surface area (Å²) < 4.78 is 29.6. The molecule has 8 nitrogen and oxygen atoms in total. The number of benzene rings is 1. The predicted molar refractivity (Wildman–Crippen MR) is 121 cm³/mol. The van der Waals surface area contributed by atoms with Crippen LogP contribution in [0.2, 0.25) is 0 Å². The Kier molecular flexibility index (Phi) is 6.62. The van der Waals surface area contributed by atoms with Crippen molar-refractivity contribution in [2.45, 2.75) is 56.4 Å². The molecule has 0 saturated carbocycles. The zero-order valence-corrected chi connectivity index (χ0v) is 18.9. The molecule has 4 rings (SSSR count). The van der Waals surface area contributed by atoms with E-state index < -0.39 is 16.1 Å². The first-order valence-corrected chi connectivity index (χ1v) is 12.6. The molecule has 0 aliphatic carbocycles. The van der Waals surface area contributed by atoms with Crippen molar-refractivity contribution in [3.63, 3.8) is 0 Å². The number of sulfonamides is 1. The second-order valence-corrected chi connectivity index (χ2v) is 10.3. The Morgan fingerprint density at radius 3 is 2.35 bits per heavy atom. The average molecular weight is 446 g/mol. The van der Waals surface area contributed by atoms with Crippen molar-refractivity contribution in [3.8, 4) is 0 Å². The van der Waals surface area contributed by atoms with Crippen molar-refractivity contribution < 1.29 is 13.2 Å². The highest BCUT2D eigenvalue weighted by Crippen LogP contribution is 2.33.